The van der Waals surface area contributed by atoms with Crippen LogP contribution in [0.4, 0.5) is 0 Å². The Labute approximate surface area is 180 Å². The van der Waals surface area contributed by atoms with Crippen molar-refractivity contribution in [2.45, 2.75) is 45.8 Å². The highest BCUT2D eigenvalue weighted by Crippen LogP contribution is 2.32. The third-order valence-electron chi connectivity index (χ3n) is 5.56. The molecule has 1 aromatic heterocycles. The van der Waals surface area contributed by atoms with E-state index in [-0.39, 0.29) is 12.0 Å². The van der Waals surface area contributed by atoms with Crippen LogP contribution in [0.5, 0.6) is 5.75 Å². The van der Waals surface area contributed by atoms with Gasteiger partial charge < -0.3 is 23.5 Å². The first-order chi connectivity index (χ1) is 14.3. The Morgan fingerprint density at radius 2 is 1.93 bits per heavy atom. The molecule has 30 heavy (non-hydrogen) atoms. The number of halogens is 1. The van der Waals surface area contributed by atoms with Crippen molar-refractivity contribution in [3.63, 3.8) is 0 Å². The van der Waals surface area contributed by atoms with Crippen LogP contribution >= 0.6 is 11.6 Å². The molecule has 1 unspecified atom stereocenters. The molecule has 1 atom stereocenters. The van der Waals surface area contributed by atoms with Gasteiger partial charge in [-0.25, -0.2) is 4.79 Å². The van der Waals surface area contributed by atoms with Crippen molar-refractivity contribution >= 4 is 28.5 Å². The Kier molecular flexibility index (Phi) is 7.39. The predicted octanol–water partition coefficient (Wildman–Crippen LogP) is 3.48. The zero-order valence-corrected chi connectivity index (χ0v) is 18.6. The summed E-state index contributed by atoms with van der Waals surface area (Å²) in [5.41, 5.74) is 1.35. The van der Waals surface area contributed by atoms with Crippen LogP contribution in [0.25, 0.3) is 11.0 Å². The minimum absolute atomic E-state index is 0.108. The lowest BCUT2D eigenvalue weighted by Gasteiger charge is -2.33. The molecule has 1 fully saturated rings. The molecule has 3 rings (SSSR count). The second-order valence-electron chi connectivity index (χ2n) is 7.57. The number of likely N-dealkylation sites (tertiary alicyclic amines) is 1. The van der Waals surface area contributed by atoms with E-state index in [2.05, 4.69) is 0 Å². The van der Waals surface area contributed by atoms with E-state index < -0.39 is 11.7 Å². The third kappa shape index (κ3) is 4.96. The molecular formula is C22H28ClNO6. The zero-order valence-electron chi connectivity index (χ0n) is 17.8. The van der Waals surface area contributed by atoms with Crippen LogP contribution in [0.2, 0.25) is 5.02 Å². The molecule has 8 heteroatoms. The average Bonchev–Trinajstić information content (AvgIpc) is 2.73. The number of carbonyl (C=O) groups is 1. The number of benzene rings is 1. The average molecular weight is 438 g/mol. The van der Waals surface area contributed by atoms with Crippen molar-refractivity contribution in [1.29, 1.82) is 0 Å². The second kappa shape index (κ2) is 9.81. The number of rotatable bonds is 7. The molecular weight excluding hydrogens is 410 g/mol. The van der Waals surface area contributed by atoms with E-state index in [0.717, 1.165) is 23.8 Å². The monoisotopic (exact) mass is 437 g/mol. The Hall–Kier alpha value is -2.09. The molecule has 0 aliphatic carbocycles. The normalized spacial score (nSPS) is 16.1. The molecule has 0 radical (unpaired) electrons. The van der Waals surface area contributed by atoms with Crippen LogP contribution in [0.3, 0.4) is 0 Å². The van der Waals surface area contributed by atoms with Gasteiger partial charge in [-0.3, -0.25) is 4.79 Å². The van der Waals surface area contributed by atoms with Gasteiger partial charge in [0, 0.05) is 37.2 Å². The quantitative estimate of drug-likeness (QED) is 0.487. The van der Waals surface area contributed by atoms with Gasteiger partial charge in [0.1, 0.15) is 11.3 Å². The summed E-state index contributed by atoms with van der Waals surface area (Å²) in [6.45, 7) is 7.61. The van der Waals surface area contributed by atoms with Crippen LogP contribution in [-0.4, -0.2) is 56.4 Å². The fourth-order valence-electron chi connectivity index (χ4n) is 3.57. The minimum Gasteiger partial charge on any atom is -0.479 e. The fraction of sp³-hybridized carbons (Fsp3) is 0.545. The molecule has 0 bridgehead atoms. The molecule has 1 aliphatic heterocycles. The topological polar surface area (TPSA) is 78.2 Å². The van der Waals surface area contributed by atoms with Crippen LogP contribution < -0.4 is 10.4 Å². The van der Waals surface area contributed by atoms with Gasteiger partial charge in [-0.1, -0.05) is 11.6 Å². The maximum atomic E-state index is 12.8. The first-order valence-electron chi connectivity index (χ1n) is 10.1. The van der Waals surface area contributed by atoms with E-state index in [1.807, 2.05) is 6.92 Å². The molecule has 1 aromatic carbocycles. The van der Waals surface area contributed by atoms with Crippen LogP contribution in [-0.2, 0) is 14.3 Å². The van der Waals surface area contributed by atoms with Gasteiger partial charge in [0.2, 0.25) is 0 Å². The van der Waals surface area contributed by atoms with Crippen LogP contribution in [0, 0.1) is 13.8 Å². The maximum absolute atomic E-state index is 12.8. The summed E-state index contributed by atoms with van der Waals surface area (Å²) >= 11 is 6.38. The highest BCUT2D eigenvalue weighted by atomic mass is 35.5. The van der Waals surface area contributed by atoms with Gasteiger partial charge in [0.25, 0.3) is 5.91 Å². The lowest BCUT2D eigenvalue weighted by Crippen LogP contribution is -2.46. The lowest BCUT2D eigenvalue weighted by molar-refractivity contribution is -0.140. The number of carbonyl (C=O) groups excluding carboxylic acids is 1. The van der Waals surface area contributed by atoms with Crippen LogP contribution in [0.15, 0.2) is 21.3 Å². The van der Waals surface area contributed by atoms with Crippen molar-refractivity contribution < 1.29 is 23.4 Å². The van der Waals surface area contributed by atoms with Gasteiger partial charge in [-0.05, 0) is 45.2 Å². The fourth-order valence-corrected chi connectivity index (χ4v) is 3.78. The predicted molar refractivity (Wildman–Crippen MR) is 114 cm³/mol. The molecule has 7 nitrogen and oxygen atoms in total. The molecule has 2 aromatic rings. The van der Waals surface area contributed by atoms with Gasteiger partial charge in [0.05, 0.1) is 24.3 Å². The van der Waals surface area contributed by atoms with Crippen molar-refractivity contribution in [3.8, 4) is 5.75 Å². The van der Waals surface area contributed by atoms with Crippen molar-refractivity contribution in [2.24, 2.45) is 0 Å². The van der Waals surface area contributed by atoms with E-state index in [0.29, 0.717) is 48.2 Å². The van der Waals surface area contributed by atoms with Crippen molar-refractivity contribution in [3.05, 3.63) is 38.7 Å². The number of piperidine rings is 1. The summed E-state index contributed by atoms with van der Waals surface area (Å²) in [7, 11) is 1.64. The SMILES string of the molecule is COCCOC1CCN(C(=O)C(C)Oc2cc3oc(=O)c(C)c(C)c3cc2Cl)CC1. The summed E-state index contributed by atoms with van der Waals surface area (Å²) in [5.74, 6) is 0.206. The van der Waals surface area contributed by atoms with E-state index in [1.165, 1.54) is 0 Å². The second-order valence-corrected chi connectivity index (χ2v) is 7.97. The summed E-state index contributed by atoms with van der Waals surface area (Å²) in [5, 5.41) is 1.11. The van der Waals surface area contributed by atoms with E-state index in [1.54, 1.807) is 38.0 Å². The van der Waals surface area contributed by atoms with Gasteiger partial charge in [0.15, 0.2) is 6.10 Å². The molecule has 1 amide bonds. The van der Waals surface area contributed by atoms with Gasteiger partial charge in [-0.15, -0.1) is 0 Å². The Morgan fingerprint density at radius 3 is 2.60 bits per heavy atom. The lowest BCUT2D eigenvalue weighted by atomic mass is 10.1. The minimum atomic E-state index is -0.718. The number of hydrogen-bond donors (Lipinski definition) is 0. The molecule has 0 N–H and O–H groups in total. The molecule has 164 valence electrons. The number of methoxy groups -OCH3 is 1. The Morgan fingerprint density at radius 1 is 1.23 bits per heavy atom. The summed E-state index contributed by atoms with van der Waals surface area (Å²) in [4.78, 5) is 26.6. The van der Waals surface area contributed by atoms with E-state index >= 15 is 0 Å². The molecule has 0 spiro atoms. The summed E-state index contributed by atoms with van der Waals surface area (Å²) < 4.78 is 22.0. The standard InChI is InChI=1S/C22H28ClNO6/c1-13-14(2)22(26)30-19-12-20(18(23)11-17(13)19)29-15(3)21(25)24-7-5-16(6-8-24)28-10-9-27-4/h11-12,15-16H,5-10H2,1-4H3. The first-order valence-corrected chi connectivity index (χ1v) is 10.5. The number of fused-ring (bicyclic) bond motifs is 1. The number of nitrogens with zero attached hydrogens (tertiary/aromatic N) is 1. The maximum Gasteiger partial charge on any atom is 0.339 e. The highest BCUT2D eigenvalue weighted by Gasteiger charge is 2.28. The Bertz CT molecular complexity index is 964. The number of hydrogen-bond acceptors (Lipinski definition) is 6. The smallest absolute Gasteiger partial charge is 0.339 e. The molecule has 0 saturated carbocycles. The molecule has 1 saturated heterocycles. The first kappa shape index (κ1) is 22.6. The van der Waals surface area contributed by atoms with Gasteiger partial charge in [-0.2, -0.15) is 0 Å². The van der Waals surface area contributed by atoms with Crippen molar-refractivity contribution in [2.75, 3.05) is 33.4 Å². The molecule has 2 heterocycles. The van der Waals surface area contributed by atoms with Gasteiger partial charge >= 0.3 is 5.63 Å². The Balaban J connectivity index is 1.66. The molecule has 1 aliphatic rings. The number of ether oxygens (including phenoxy) is 3. The van der Waals surface area contributed by atoms with Crippen molar-refractivity contribution in [1.82, 2.24) is 4.90 Å². The number of aryl methyl sites for hydroxylation is 1. The summed E-state index contributed by atoms with van der Waals surface area (Å²) in [6.07, 6.45) is 0.986. The number of amides is 1. The third-order valence-corrected chi connectivity index (χ3v) is 5.85. The zero-order chi connectivity index (χ0) is 21.8. The van der Waals surface area contributed by atoms with E-state index in [9.17, 15) is 9.59 Å². The van der Waals surface area contributed by atoms with E-state index in [4.69, 9.17) is 30.2 Å². The highest BCUT2D eigenvalue weighted by molar-refractivity contribution is 6.32. The largest absolute Gasteiger partial charge is 0.479 e. The summed E-state index contributed by atoms with van der Waals surface area (Å²) in [6, 6.07) is 3.28. The van der Waals surface area contributed by atoms with Crippen LogP contribution in [0.1, 0.15) is 30.9 Å².